The molecule has 1 N–H and O–H groups in total. The second-order valence-electron chi connectivity index (χ2n) is 6.85. The fourth-order valence-electron chi connectivity index (χ4n) is 2.95. The Bertz CT molecular complexity index is 590. The first-order chi connectivity index (χ1) is 11.6. The molecule has 0 bridgehead atoms. The summed E-state index contributed by atoms with van der Waals surface area (Å²) in [6, 6.07) is 0.500. The standard InChI is InChI=1S/C17H27N5OS/c1-4-9-18-15(23)13(3)24-17-20-19-16(22(17)14-5-6-14)21-10-7-12(2)8-11-21/h4,12-14H,1,5-11H2,2-3H3,(H,18,23). The van der Waals surface area contributed by atoms with Crippen LogP contribution in [0.5, 0.6) is 0 Å². The Morgan fingerprint density at radius 1 is 1.38 bits per heavy atom. The monoisotopic (exact) mass is 349 g/mol. The number of anilines is 1. The predicted octanol–water partition coefficient (Wildman–Crippen LogP) is 2.63. The fourth-order valence-corrected chi connectivity index (χ4v) is 3.89. The van der Waals surface area contributed by atoms with E-state index in [-0.39, 0.29) is 11.2 Å². The van der Waals surface area contributed by atoms with Gasteiger partial charge in [0.05, 0.1) is 5.25 Å². The van der Waals surface area contributed by atoms with Crippen molar-refractivity contribution in [3.8, 4) is 0 Å². The van der Waals surface area contributed by atoms with E-state index in [1.807, 2.05) is 6.92 Å². The lowest BCUT2D eigenvalue weighted by atomic mass is 10.00. The van der Waals surface area contributed by atoms with Crippen molar-refractivity contribution in [2.24, 2.45) is 5.92 Å². The van der Waals surface area contributed by atoms with Crippen LogP contribution in [0, 0.1) is 5.92 Å². The minimum atomic E-state index is -0.194. The Labute approximate surface area is 148 Å². The number of rotatable bonds is 7. The summed E-state index contributed by atoms with van der Waals surface area (Å²) in [6.45, 7) is 10.4. The third-order valence-corrected chi connectivity index (χ3v) is 5.75. The second-order valence-corrected chi connectivity index (χ2v) is 8.16. The lowest BCUT2D eigenvalue weighted by Crippen LogP contribution is -2.35. The topological polar surface area (TPSA) is 63.1 Å². The molecular formula is C17H27N5OS. The zero-order chi connectivity index (χ0) is 17.1. The number of carbonyl (C=O) groups is 1. The van der Waals surface area contributed by atoms with Crippen molar-refractivity contribution in [1.82, 2.24) is 20.1 Å². The molecule has 1 amide bonds. The van der Waals surface area contributed by atoms with E-state index in [2.05, 4.69) is 38.5 Å². The van der Waals surface area contributed by atoms with E-state index in [9.17, 15) is 4.79 Å². The van der Waals surface area contributed by atoms with Gasteiger partial charge in [-0.3, -0.25) is 9.36 Å². The minimum absolute atomic E-state index is 0.0126. The largest absolute Gasteiger partial charge is 0.352 e. The maximum Gasteiger partial charge on any atom is 0.233 e. The zero-order valence-corrected chi connectivity index (χ0v) is 15.4. The molecule has 1 aliphatic heterocycles. The van der Waals surface area contributed by atoms with Crippen LogP contribution in [0.4, 0.5) is 5.95 Å². The average Bonchev–Trinajstić information content (AvgIpc) is 3.34. The number of aromatic nitrogens is 3. The Balaban J connectivity index is 1.72. The Hall–Kier alpha value is -1.50. The number of piperidine rings is 1. The van der Waals surface area contributed by atoms with Crippen molar-refractivity contribution in [3.63, 3.8) is 0 Å². The van der Waals surface area contributed by atoms with E-state index in [4.69, 9.17) is 0 Å². The maximum atomic E-state index is 12.1. The number of carbonyl (C=O) groups excluding carboxylic acids is 1. The molecular weight excluding hydrogens is 322 g/mol. The molecule has 7 heteroatoms. The normalized spacial score (nSPS) is 20.0. The van der Waals surface area contributed by atoms with Gasteiger partial charge >= 0.3 is 0 Å². The van der Waals surface area contributed by atoms with Gasteiger partial charge in [0.2, 0.25) is 11.9 Å². The molecule has 3 rings (SSSR count). The average molecular weight is 350 g/mol. The number of nitrogens with one attached hydrogen (secondary N) is 1. The Morgan fingerprint density at radius 2 is 2.08 bits per heavy atom. The second kappa shape index (κ2) is 7.59. The van der Waals surface area contributed by atoms with Gasteiger partial charge in [-0.2, -0.15) is 0 Å². The maximum absolute atomic E-state index is 12.1. The molecule has 2 heterocycles. The first kappa shape index (κ1) is 17.3. The summed E-state index contributed by atoms with van der Waals surface area (Å²) in [5.41, 5.74) is 0. The predicted molar refractivity (Wildman–Crippen MR) is 97.4 cm³/mol. The van der Waals surface area contributed by atoms with E-state index in [1.165, 1.54) is 37.4 Å². The molecule has 1 aromatic heterocycles. The van der Waals surface area contributed by atoms with Gasteiger partial charge in [-0.15, -0.1) is 16.8 Å². The van der Waals surface area contributed by atoms with Gasteiger partial charge in [-0.25, -0.2) is 0 Å². The summed E-state index contributed by atoms with van der Waals surface area (Å²) in [6.07, 6.45) is 6.47. The minimum Gasteiger partial charge on any atom is -0.352 e. The van der Waals surface area contributed by atoms with Crippen LogP contribution >= 0.6 is 11.8 Å². The molecule has 1 atom stereocenters. The van der Waals surface area contributed by atoms with Gasteiger partial charge < -0.3 is 10.2 Å². The molecule has 1 unspecified atom stereocenters. The van der Waals surface area contributed by atoms with Crippen LogP contribution in [0.25, 0.3) is 0 Å². The van der Waals surface area contributed by atoms with E-state index in [0.717, 1.165) is 30.1 Å². The van der Waals surface area contributed by atoms with Gasteiger partial charge in [-0.1, -0.05) is 24.8 Å². The number of hydrogen-bond acceptors (Lipinski definition) is 5. The Morgan fingerprint density at radius 3 is 2.71 bits per heavy atom. The van der Waals surface area contributed by atoms with E-state index < -0.39 is 0 Å². The van der Waals surface area contributed by atoms with Gasteiger partial charge in [0.1, 0.15) is 0 Å². The first-order valence-corrected chi connectivity index (χ1v) is 9.73. The van der Waals surface area contributed by atoms with Crippen molar-refractivity contribution in [3.05, 3.63) is 12.7 Å². The van der Waals surface area contributed by atoms with Crippen LogP contribution in [0.2, 0.25) is 0 Å². The highest BCUT2D eigenvalue weighted by molar-refractivity contribution is 8.00. The first-order valence-electron chi connectivity index (χ1n) is 8.85. The molecule has 0 radical (unpaired) electrons. The highest BCUT2D eigenvalue weighted by atomic mass is 32.2. The number of amides is 1. The smallest absolute Gasteiger partial charge is 0.233 e. The van der Waals surface area contributed by atoms with E-state index in [1.54, 1.807) is 6.08 Å². The van der Waals surface area contributed by atoms with Crippen molar-refractivity contribution in [2.45, 2.75) is 56.0 Å². The quantitative estimate of drug-likeness (QED) is 0.606. The Kier molecular flexibility index (Phi) is 5.48. The fraction of sp³-hybridized carbons (Fsp3) is 0.706. The molecule has 1 aromatic rings. The molecule has 0 aromatic carbocycles. The number of nitrogens with zero attached hydrogens (tertiary/aromatic N) is 4. The lowest BCUT2D eigenvalue weighted by molar-refractivity contribution is -0.120. The molecule has 6 nitrogen and oxygen atoms in total. The summed E-state index contributed by atoms with van der Waals surface area (Å²) < 4.78 is 2.26. The highest BCUT2D eigenvalue weighted by Gasteiger charge is 2.33. The third-order valence-electron chi connectivity index (χ3n) is 4.70. The molecule has 0 spiro atoms. The zero-order valence-electron chi connectivity index (χ0n) is 14.6. The summed E-state index contributed by atoms with van der Waals surface area (Å²) in [4.78, 5) is 14.5. The van der Waals surface area contributed by atoms with Crippen molar-refractivity contribution >= 4 is 23.6 Å². The molecule has 2 aliphatic rings. The van der Waals surface area contributed by atoms with Crippen LogP contribution in [0.15, 0.2) is 17.8 Å². The van der Waals surface area contributed by atoms with Gasteiger partial charge in [0.25, 0.3) is 0 Å². The number of thioether (sulfide) groups is 1. The van der Waals surface area contributed by atoms with Gasteiger partial charge in [-0.05, 0) is 38.5 Å². The van der Waals surface area contributed by atoms with Crippen LogP contribution in [-0.4, -0.2) is 45.6 Å². The van der Waals surface area contributed by atoms with Crippen LogP contribution in [0.3, 0.4) is 0 Å². The van der Waals surface area contributed by atoms with Gasteiger partial charge in [0, 0.05) is 25.7 Å². The lowest BCUT2D eigenvalue weighted by Gasteiger charge is -2.31. The summed E-state index contributed by atoms with van der Waals surface area (Å²) >= 11 is 1.50. The van der Waals surface area contributed by atoms with Gasteiger partial charge in [0.15, 0.2) is 5.16 Å². The summed E-state index contributed by atoms with van der Waals surface area (Å²) in [7, 11) is 0. The van der Waals surface area contributed by atoms with Crippen molar-refractivity contribution < 1.29 is 4.79 Å². The SMILES string of the molecule is C=CCNC(=O)C(C)Sc1nnc(N2CCC(C)CC2)n1C1CC1. The van der Waals surface area contributed by atoms with Crippen molar-refractivity contribution in [2.75, 3.05) is 24.5 Å². The molecule has 1 saturated heterocycles. The molecule has 1 saturated carbocycles. The summed E-state index contributed by atoms with van der Waals surface area (Å²) in [5, 5.41) is 12.4. The highest BCUT2D eigenvalue weighted by Crippen LogP contribution is 2.42. The van der Waals surface area contributed by atoms with Crippen LogP contribution in [0.1, 0.15) is 45.6 Å². The molecule has 132 valence electrons. The molecule has 2 fully saturated rings. The molecule has 1 aliphatic carbocycles. The summed E-state index contributed by atoms with van der Waals surface area (Å²) in [5.74, 6) is 1.80. The van der Waals surface area contributed by atoms with E-state index >= 15 is 0 Å². The van der Waals surface area contributed by atoms with Crippen molar-refractivity contribution in [1.29, 1.82) is 0 Å². The van der Waals surface area contributed by atoms with Crippen LogP contribution in [-0.2, 0) is 4.79 Å². The number of hydrogen-bond donors (Lipinski definition) is 1. The third kappa shape index (κ3) is 3.94. The van der Waals surface area contributed by atoms with E-state index in [0.29, 0.717) is 12.6 Å². The molecule has 24 heavy (non-hydrogen) atoms. The van der Waals surface area contributed by atoms with Crippen LogP contribution < -0.4 is 10.2 Å².